The van der Waals surface area contributed by atoms with Crippen molar-refractivity contribution in [1.29, 1.82) is 0 Å². The first-order chi connectivity index (χ1) is 14.7. The molecule has 1 aromatic carbocycles. The second-order valence-corrected chi connectivity index (χ2v) is 8.07. The third-order valence-corrected chi connectivity index (χ3v) is 5.92. The highest BCUT2D eigenvalue weighted by Gasteiger charge is 2.25. The van der Waals surface area contributed by atoms with Crippen molar-refractivity contribution < 1.29 is 19.0 Å². The van der Waals surface area contributed by atoms with E-state index in [4.69, 9.17) is 19.2 Å². The minimum Gasteiger partial charge on any atom is -0.497 e. The van der Waals surface area contributed by atoms with Crippen LogP contribution in [-0.4, -0.2) is 69.0 Å². The zero-order chi connectivity index (χ0) is 20.9. The number of hydrogen-bond acceptors (Lipinski definition) is 6. The van der Waals surface area contributed by atoms with E-state index in [0.717, 1.165) is 60.6 Å². The van der Waals surface area contributed by atoms with Gasteiger partial charge in [0.15, 0.2) is 0 Å². The molecule has 4 rings (SSSR count). The van der Waals surface area contributed by atoms with Crippen LogP contribution >= 0.6 is 0 Å². The number of anilines is 1. The Labute approximate surface area is 177 Å². The third-order valence-electron chi connectivity index (χ3n) is 5.92. The van der Waals surface area contributed by atoms with E-state index in [1.165, 1.54) is 12.8 Å². The summed E-state index contributed by atoms with van der Waals surface area (Å²) in [6.45, 7) is 3.92. The molecule has 1 aromatic heterocycles. The Bertz CT molecular complexity index is 876. The molecule has 30 heavy (non-hydrogen) atoms. The summed E-state index contributed by atoms with van der Waals surface area (Å²) >= 11 is 0. The van der Waals surface area contributed by atoms with Crippen molar-refractivity contribution in [3.63, 3.8) is 0 Å². The summed E-state index contributed by atoms with van der Waals surface area (Å²) in [6.07, 6.45) is 4.47. The van der Waals surface area contributed by atoms with Crippen molar-refractivity contribution >= 4 is 22.6 Å². The standard InChI is InChI=1S/C23H31N3O4/c1-28-16-22(27)26(15-20-6-5-11-30-20)14-18-12-17-7-8-19(29-2)13-21(17)24-23(18)25-9-3-4-10-25/h7-8,12-13,20H,3-6,9-11,14-16H2,1-2H3. The van der Waals surface area contributed by atoms with E-state index in [1.54, 1.807) is 14.2 Å². The predicted octanol–water partition coefficient (Wildman–Crippen LogP) is 3.00. The van der Waals surface area contributed by atoms with E-state index < -0.39 is 0 Å². The first-order valence-corrected chi connectivity index (χ1v) is 10.8. The number of carbonyl (C=O) groups excluding carboxylic acids is 1. The van der Waals surface area contributed by atoms with Crippen molar-refractivity contribution in [2.24, 2.45) is 0 Å². The van der Waals surface area contributed by atoms with Crippen LogP contribution in [0.3, 0.4) is 0 Å². The number of pyridine rings is 1. The summed E-state index contributed by atoms with van der Waals surface area (Å²) < 4.78 is 16.3. The number of ether oxygens (including phenoxy) is 3. The Kier molecular flexibility index (Phi) is 6.69. The summed E-state index contributed by atoms with van der Waals surface area (Å²) in [7, 11) is 3.23. The molecule has 1 unspecified atom stereocenters. The Morgan fingerprint density at radius 1 is 1.23 bits per heavy atom. The van der Waals surface area contributed by atoms with Gasteiger partial charge in [-0.25, -0.2) is 4.98 Å². The van der Waals surface area contributed by atoms with E-state index in [1.807, 2.05) is 23.1 Å². The van der Waals surface area contributed by atoms with Crippen molar-refractivity contribution in [2.75, 3.05) is 52.0 Å². The molecular weight excluding hydrogens is 382 g/mol. The van der Waals surface area contributed by atoms with E-state index >= 15 is 0 Å². The fourth-order valence-corrected chi connectivity index (χ4v) is 4.34. The van der Waals surface area contributed by atoms with Gasteiger partial charge in [0.1, 0.15) is 18.2 Å². The van der Waals surface area contributed by atoms with Crippen molar-refractivity contribution in [3.8, 4) is 5.75 Å². The summed E-state index contributed by atoms with van der Waals surface area (Å²) in [5, 5.41) is 1.05. The molecule has 7 nitrogen and oxygen atoms in total. The molecule has 0 saturated carbocycles. The number of nitrogens with zero attached hydrogens (tertiary/aromatic N) is 3. The number of amides is 1. The highest BCUT2D eigenvalue weighted by Crippen LogP contribution is 2.30. The van der Waals surface area contributed by atoms with Gasteiger partial charge in [0, 0.05) is 56.9 Å². The molecule has 0 aliphatic carbocycles. The van der Waals surface area contributed by atoms with Gasteiger partial charge in [-0.1, -0.05) is 0 Å². The van der Waals surface area contributed by atoms with Gasteiger partial charge in [-0.15, -0.1) is 0 Å². The smallest absolute Gasteiger partial charge is 0.248 e. The fraction of sp³-hybridized carbons (Fsp3) is 0.565. The molecule has 2 aliphatic rings. The monoisotopic (exact) mass is 413 g/mol. The van der Waals surface area contributed by atoms with Gasteiger partial charge in [0.25, 0.3) is 0 Å². The second-order valence-electron chi connectivity index (χ2n) is 8.07. The zero-order valence-corrected chi connectivity index (χ0v) is 17.9. The van der Waals surface area contributed by atoms with Crippen LogP contribution in [0, 0.1) is 0 Å². The van der Waals surface area contributed by atoms with E-state index in [9.17, 15) is 4.79 Å². The quantitative estimate of drug-likeness (QED) is 0.663. The van der Waals surface area contributed by atoms with Gasteiger partial charge in [0.2, 0.25) is 5.91 Å². The molecule has 2 saturated heterocycles. The molecule has 0 radical (unpaired) electrons. The van der Waals surface area contributed by atoms with E-state index in [-0.39, 0.29) is 18.6 Å². The summed E-state index contributed by atoms with van der Waals surface area (Å²) in [5.74, 6) is 1.75. The number of benzene rings is 1. The molecular formula is C23H31N3O4. The maximum absolute atomic E-state index is 12.8. The third kappa shape index (κ3) is 4.68. The van der Waals surface area contributed by atoms with Crippen LogP contribution in [0.15, 0.2) is 24.3 Å². The SMILES string of the molecule is COCC(=O)N(Cc1cc2ccc(OC)cc2nc1N1CCCC1)CC1CCCO1. The maximum Gasteiger partial charge on any atom is 0.248 e. The minimum absolute atomic E-state index is 0.0183. The lowest BCUT2D eigenvalue weighted by molar-refractivity contribution is -0.137. The molecule has 3 heterocycles. The van der Waals surface area contributed by atoms with Crippen LogP contribution in [0.1, 0.15) is 31.2 Å². The van der Waals surface area contributed by atoms with Crippen molar-refractivity contribution in [1.82, 2.24) is 9.88 Å². The number of hydrogen-bond donors (Lipinski definition) is 0. The molecule has 1 amide bonds. The molecule has 0 bridgehead atoms. The van der Waals surface area contributed by atoms with Crippen LogP contribution in [0.4, 0.5) is 5.82 Å². The van der Waals surface area contributed by atoms with E-state index in [2.05, 4.69) is 11.0 Å². The number of carbonyl (C=O) groups is 1. The van der Waals surface area contributed by atoms with E-state index in [0.29, 0.717) is 13.1 Å². The predicted molar refractivity (Wildman–Crippen MR) is 116 cm³/mol. The lowest BCUT2D eigenvalue weighted by Crippen LogP contribution is -2.39. The Balaban J connectivity index is 1.68. The molecule has 2 fully saturated rings. The average Bonchev–Trinajstić information content (AvgIpc) is 3.47. The van der Waals surface area contributed by atoms with Crippen LogP contribution in [-0.2, 0) is 20.8 Å². The molecule has 0 N–H and O–H groups in total. The largest absolute Gasteiger partial charge is 0.497 e. The Morgan fingerprint density at radius 2 is 2.07 bits per heavy atom. The molecule has 7 heteroatoms. The van der Waals surface area contributed by atoms with Crippen LogP contribution in [0.5, 0.6) is 5.75 Å². The van der Waals surface area contributed by atoms with Crippen LogP contribution < -0.4 is 9.64 Å². The Hall–Kier alpha value is -2.38. The molecule has 2 aromatic rings. The average molecular weight is 414 g/mol. The molecule has 0 spiro atoms. The van der Waals surface area contributed by atoms with Gasteiger partial charge in [-0.2, -0.15) is 0 Å². The van der Waals surface area contributed by atoms with Crippen LogP contribution in [0.2, 0.25) is 0 Å². The fourth-order valence-electron chi connectivity index (χ4n) is 4.34. The first-order valence-electron chi connectivity index (χ1n) is 10.8. The second kappa shape index (κ2) is 9.62. The van der Waals surface area contributed by atoms with Gasteiger partial charge >= 0.3 is 0 Å². The highest BCUT2D eigenvalue weighted by atomic mass is 16.5. The zero-order valence-electron chi connectivity index (χ0n) is 17.9. The first kappa shape index (κ1) is 20.9. The number of aromatic nitrogens is 1. The normalized spacial score (nSPS) is 18.9. The maximum atomic E-state index is 12.8. The summed E-state index contributed by atoms with van der Waals surface area (Å²) in [6, 6.07) is 8.11. The molecule has 2 aliphatic heterocycles. The molecule has 162 valence electrons. The molecule has 1 atom stereocenters. The number of methoxy groups -OCH3 is 2. The highest BCUT2D eigenvalue weighted by molar-refractivity contribution is 5.84. The van der Waals surface area contributed by atoms with Crippen molar-refractivity contribution in [3.05, 3.63) is 29.8 Å². The van der Waals surface area contributed by atoms with Crippen LogP contribution in [0.25, 0.3) is 10.9 Å². The lowest BCUT2D eigenvalue weighted by atomic mass is 10.1. The van der Waals surface area contributed by atoms with Gasteiger partial charge in [0.05, 0.1) is 18.7 Å². The van der Waals surface area contributed by atoms with Gasteiger partial charge in [-0.05, 0) is 43.9 Å². The van der Waals surface area contributed by atoms with Gasteiger partial charge in [-0.3, -0.25) is 4.79 Å². The summed E-state index contributed by atoms with van der Waals surface area (Å²) in [5.41, 5.74) is 1.98. The topological polar surface area (TPSA) is 64.1 Å². The van der Waals surface area contributed by atoms with Gasteiger partial charge < -0.3 is 24.0 Å². The Morgan fingerprint density at radius 3 is 2.77 bits per heavy atom. The number of fused-ring (bicyclic) bond motifs is 1. The summed E-state index contributed by atoms with van der Waals surface area (Å²) in [4.78, 5) is 22.0. The van der Waals surface area contributed by atoms with Crippen molar-refractivity contribution in [2.45, 2.75) is 38.3 Å². The number of rotatable bonds is 8. The minimum atomic E-state index is -0.0183. The lowest BCUT2D eigenvalue weighted by Gasteiger charge is -2.28.